The van der Waals surface area contributed by atoms with Gasteiger partial charge in [0.2, 0.25) is 5.91 Å². The molecular formula is C11H21NO5. The Hall–Kier alpha value is -1.14. The van der Waals surface area contributed by atoms with E-state index in [1.807, 2.05) is 0 Å². The van der Waals surface area contributed by atoms with Crippen molar-refractivity contribution in [1.82, 2.24) is 5.32 Å². The molecule has 0 aromatic heterocycles. The number of amides is 1. The summed E-state index contributed by atoms with van der Waals surface area (Å²) < 4.78 is 9.90. The highest BCUT2D eigenvalue weighted by atomic mass is 16.5. The fourth-order valence-electron chi connectivity index (χ4n) is 0.893. The second-order valence-electron chi connectivity index (χ2n) is 4.32. The summed E-state index contributed by atoms with van der Waals surface area (Å²) >= 11 is 0. The summed E-state index contributed by atoms with van der Waals surface area (Å²) in [6.07, 6.45) is 0.222. The van der Waals surface area contributed by atoms with Crippen LogP contribution >= 0.6 is 0 Å². The molecule has 0 atom stereocenters. The zero-order chi connectivity index (χ0) is 13.3. The fraction of sp³-hybridized carbons (Fsp3) is 0.818. The smallest absolute Gasteiger partial charge is 0.310 e. The van der Waals surface area contributed by atoms with E-state index in [9.17, 15) is 9.59 Å². The molecule has 0 aromatic carbocycles. The van der Waals surface area contributed by atoms with Crippen molar-refractivity contribution in [3.8, 4) is 0 Å². The number of aliphatic carboxylic acids is 1. The van der Waals surface area contributed by atoms with E-state index in [0.717, 1.165) is 0 Å². The molecule has 1 amide bonds. The maximum Gasteiger partial charge on any atom is 0.310 e. The van der Waals surface area contributed by atoms with Gasteiger partial charge < -0.3 is 19.9 Å². The van der Waals surface area contributed by atoms with Crippen LogP contribution in [-0.4, -0.2) is 50.5 Å². The highest BCUT2D eigenvalue weighted by molar-refractivity contribution is 5.78. The zero-order valence-corrected chi connectivity index (χ0v) is 10.6. The van der Waals surface area contributed by atoms with Crippen LogP contribution in [0.15, 0.2) is 0 Å². The summed E-state index contributed by atoms with van der Waals surface area (Å²) in [6, 6.07) is 0. The number of carboxylic acid groups (broad SMARTS) is 1. The minimum absolute atomic E-state index is 0.110. The van der Waals surface area contributed by atoms with Crippen LogP contribution in [0.5, 0.6) is 0 Å². The van der Waals surface area contributed by atoms with Crippen LogP contribution in [0, 0.1) is 5.41 Å². The van der Waals surface area contributed by atoms with Crippen LogP contribution in [0.4, 0.5) is 0 Å². The monoisotopic (exact) mass is 247 g/mol. The van der Waals surface area contributed by atoms with Crippen LogP contribution in [0.3, 0.4) is 0 Å². The number of nitrogens with one attached hydrogen (secondary N) is 1. The van der Waals surface area contributed by atoms with Gasteiger partial charge in [-0.2, -0.15) is 0 Å². The van der Waals surface area contributed by atoms with Crippen molar-refractivity contribution in [2.45, 2.75) is 20.3 Å². The van der Waals surface area contributed by atoms with Gasteiger partial charge in [0.05, 0.1) is 25.2 Å². The topological polar surface area (TPSA) is 84.9 Å². The lowest BCUT2D eigenvalue weighted by molar-refractivity contribution is -0.146. The van der Waals surface area contributed by atoms with Crippen LogP contribution in [-0.2, 0) is 19.1 Å². The molecule has 0 fully saturated rings. The van der Waals surface area contributed by atoms with Gasteiger partial charge in [-0.05, 0) is 13.8 Å². The maximum atomic E-state index is 11.3. The molecule has 100 valence electrons. The second-order valence-corrected chi connectivity index (χ2v) is 4.32. The third-order valence-electron chi connectivity index (χ3n) is 2.21. The van der Waals surface area contributed by atoms with Gasteiger partial charge in [-0.3, -0.25) is 9.59 Å². The Bertz CT molecular complexity index is 252. The molecule has 0 saturated heterocycles. The van der Waals surface area contributed by atoms with Gasteiger partial charge in [0.25, 0.3) is 0 Å². The first-order valence-corrected chi connectivity index (χ1v) is 5.47. The van der Waals surface area contributed by atoms with Gasteiger partial charge >= 0.3 is 5.97 Å². The number of carbonyl (C=O) groups excluding carboxylic acids is 1. The standard InChI is InChI=1S/C11H21NO5/c1-11(2,10(14)15)8-12-9(13)4-5-17-7-6-16-3/h4-8H2,1-3H3,(H,12,13)(H,14,15). The van der Waals surface area contributed by atoms with E-state index < -0.39 is 11.4 Å². The molecule has 0 radical (unpaired) electrons. The van der Waals surface area contributed by atoms with Gasteiger partial charge in [-0.25, -0.2) is 0 Å². The van der Waals surface area contributed by atoms with Gasteiger partial charge in [0, 0.05) is 20.1 Å². The molecule has 0 saturated carbocycles. The van der Waals surface area contributed by atoms with E-state index in [1.54, 1.807) is 21.0 Å². The van der Waals surface area contributed by atoms with E-state index in [2.05, 4.69) is 5.32 Å². The maximum absolute atomic E-state index is 11.3. The molecule has 0 aliphatic rings. The number of hydrogen-bond donors (Lipinski definition) is 2. The molecular weight excluding hydrogens is 226 g/mol. The fourth-order valence-corrected chi connectivity index (χ4v) is 0.893. The van der Waals surface area contributed by atoms with Crippen molar-refractivity contribution in [3.63, 3.8) is 0 Å². The molecule has 2 N–H and O–H groups in total. The lowest BCUT2D eigenvalue weighted by Gasteiger charge is -2.19. The average Bonchev–Trinajstić information content (AvgIpc) is 2.26. The first-order valence-electron chi connectivity index (χ1n) is 5.47. The Balaban J connectivity index is 3.63. The Labute approximate surface area is 101 Å². The second kappa shape index (κ2) is 8.03. The van der Waals surface area contributed by atoms with Crippen molar-refractivity contribution < 1.29 is 24.2 Å². The Kier molecular flexibility index (Phi) is 7.49. The van der Waals surface area contributed by atoms with Crippen molar-refractivity contribution in [3.05, 3.63) is 0 Å². The molecule has 0 aliphatic carbocycles. The molecule has 0 heterocycles. The third kappa shape index (κ3) is 7.70. The van der Waals surface area contributed by atoms with E-state index in [0.29, 0.717) is 19.8 Å². The normalized spacial score (nSPS) is 11.2. The predicted octanol–water partition coefficient (Wildman–Crippen LogP) is 0.266. The summed E-state index contributed by atoms with van der Waals surface area (Å²) in [5.41, 5.74) is -0.952. The minimum Gasteiger partial charge on any atom is -0.481 e. The lowest BCUT2D eigenvalue weighted by atomic mass is 9.94. The Morgan fingerprint density at radius 1 is 1.24 bits per heavy atom. The van der Waals surface area contributed by atoms with Crippen molar-refractivity contribution >= 4 is 11.9 Å². The van der Waals surface area contributed by atoms with E-state index in [4.69, 9.17) is 14.6 Å². The Morgan fingerprint density at radius 2 is 1.88 bits per heavy atom. The van der Waals surface area contributed by atoms with Crippen LogP contribution in [0.1, 0.15) is 20.3 Å². The van der Waals surface area contributed by atoms with Gasteiger partial charge in [0.1, 0.15) is 0 Å². The van der Waals surface area contributed by atoms with Crippen LogP contribution < -0.4 is 5.32 Å². The van der Waals surface area contributed by atoms with Crippen LogP contribution in [0.2, 0.25) is 0 Å². The number of ether oxygens (including phenoxy) is 2. The van der Waals surface area contributed by atoms with Crippen molar-refractivity contribution in [2.75, 3.05) is 33.5 Å². The molecule has 0 aliphatic heterocycles. The molecule has 0 aromatic rings. The van der Waals surface area contributed by atoms with E-state index >= 15 is 0 Å². The number of rotatable bonds is 9. The van der Waals surface area contributed by atoms with Crippen molar-refractivity contribution in [1.29, 1.82) is 0 Å². The summed E-state index contributed by atoms with van der Waals surface area (Å²) in [6.45, 7) is 4.48. The number of hydrogen-bond acceptors (Lipinski definition) is 4. The molecule has 0 bridgehead atoms. The summed E-state index contributed by atoms with van der Waals surface area (Å²) in [7, 11) is 1.57. The summed E-state index contributed by atoms with van der Waals surface area (Å²) in [5.74, 6) is -1.15. The number of methoxy groups -OCH3 is 1. The molecule has 0 spiro atoms. The van der Waals surface area contributed by atoms with Crippen LogP contribution in [0.25, 0.3) is 0 Å². The molecule has 6 nitrogen and oxygen atoms in total. The van der Waals surface area contributed by atoms with E-state index in [-0.39, 0.29) is 18.9 Å². The minimum atomic E-state index is -0.952. The Morgan fingerprint density at radius 3 is 2.41 bits per heavy atom. The average molecular weight is 247 g/mol. The molecule has 0 rings (SSSR count). The molecule has 6 heteroatoms. The molecule has 17 heavy (non-hydrogen) atoms. The summed E-state index contributed by atoms with van der Waals surface area (Å²) in [5, 5.41) is 11.4. The number of carbonyl (C=O) groups is 2. The zero-order valence-electron chi connectivity index (χ0n) is 10.6. The quantitative estimate of drug-likeness (QED) is 0.571. The largest absolute Gasteiger partial charge is 0.481 e. The summed E-state index contributed by atoms with van der Waals surface area (Å²) in [4.78, 5) is 22.1. The predicted molar refractivity (Wildman–Crippen MR) is 61.7 cm³/mol. The van der Waals surface area contributed by atoms with Gasteiger partial charge in [-0.15, -0.1) is 0 Å². The van der Waals surface area contributed by atoms with Gasteiger partial charge in [0.15, 0.2) is 0 Å². The highest BCUT2D eigenvalue weighted by Crippen LogP contribution is 2.12. The molecule has 0 unspecified atom stereocenters. The SMILES string of the molecule is COCCOCCC(=O)NCC(C)(C)C(=O)O. The van der Waals surface area contributed by atoms with E-state index in [1.165, 1.54) is 0 Å². The van der Waals surface area contributed by atoms with Crippen molar-refractivity contribution in [2.24, 2.45) is 5.41 Å². The number of carboxylic acids is 1. The third-order valence-corrected chi connectivity index (χ3v) is 2.21. The van der Waals surface area contributed by atoms with Gasteiger partial charge in [-0.1, -0.05) is 0 Å². The lowest BCUT2D eigenvalue weighted by Crippen LogP contribution is -2.39. The highest BCUT2D eigenvalue weighted by Gasteiger charge is 2.27. The first kappa shape index (κ1) is 15.9. The first-order chi connectivity index (χ1) is 7.90.